The van der Waals surface area contributed by atoms with E-state index in [2.05, 4.69) is 16.4 Å². The van der Waals surface area contributed by atoms with Gasteiger partial charge in [0.2, 0.25) is 0 Å². The molecule has 0 aliphatic heterocycles. The Labute approximate surface area is 85.6 Å². The zero-order valence-electron chi connectivity index (χ0n) is 7.17. The smallest absolute Gasteiger partial charge is 0.0998 e. The zero-order chi connectivity index (χ0) is 9.26. The molecule has 0 unspecified atom stereocenters. The lowest BCUT2D eigenvalue weighted by Crippen LogP contribution is -2.04. The quantitative estimate of drug-likeness (QED) is 0.828. The number of nitrogens with zero attached hydrogens (tertiary/aromatic N) is 1. The Kier molecular flexibility index (Phi) is 2.49. The first-order chi connectivity index (χ1) is 6.31. The van der Waals surface area contributed by atoms with E-state index in [0.717, 1.165) is 21.8 Å². The minimum absolute atomic E-state index is 0.740. The number of rotatable bonds is 2. The van der Waals surface area contributed by atoms with E-state index in [1.807, 2.05) is 18.6 Å². The van der Waals surface area contributed by atoms with Crippen molar-refractivity contribution in [1.82, 2.24) is 10.3 Å². The molecule has 0 fully saturated rings. The summed E-state index contributed by atoms with van der Waals surface area (Å²) in [7, 11) is 1.92. The van der Waals surface area contributed by atoms with Gasteiger partial charge in [0.05, 0.1) is 20.7 Å². The molecule has 0 saturated heterocycles. The normalized spacial score (nSPS) is 10.9. The van der Waals surface area contributed by atoms with Gasteiger partial charge in [-0.15, -0.1) is 11.3 Å². The summed E-state index contributed by atoms with van der Waals surface area (Å²) in [5.41, 5.74) is 3.93. The molecule has 13 heavy (non-hydrogen) atoms. The maximum absolute atomic E-state index is 6.06. The Morgan fingerprint density at radius 1 is 1.54 bits per heavy atom. The van der Waals surface area contributed by atoms with Gasteiger partial charge >= 0.3 is 0 Å². The Hall–Kier alpha value is -0.640. The van der Waals surface area contributed by atoms with Crippen LogP contribution in [-0.4, -0.2) is 12.0 Å². The van der Waals surface area contributed by atoms with Crippen LogP contribution in [0.25, 0.3) is 10.2 Å². The van der Waals surface area contributed by atoms with Crippen LogP contribution in [0.3, 0.4) is 0 Å². The number of benzene rings is 1. The van der Waals surface area contributed by atoms with E-state index in [-0.39, 0.29) is 0 Å². The third-order valence-electron chi connectivity index (χ3n) is 1.83. The average Bonchev–Trinajstić information content (AvgIpc) is 2.53. The number of hydrogen-bond acceptors (Lipinski definition) is 3. The van der Waals surface area contributed by atoms with Gasteiger partial charge in [-0.25, -0.2) is 4.98 Å². The molecular formula is C9H9ClN2S. The second-order valence-corrected chi connectivity index (χ2v) is 4.10. The largest absolute Gasteiger partial charge is 0.316 e. The molecule has 0 radical (unpaired) electrons. The fraction of sp³-hybridized carbons (Fsp3) is 0.222. The lowest BCUT2D eigenvalue weighted by atomic mass is 10.2. The van der Waals surface area contributed by atoms with Crippen LogP contribution in [0.15, 0.2) is 17.6 Å². The third kappa shape index (κ3) is 1.68. The Morgan fingerprint density at radius 2 is 2.38 bits per heavy atom. The van der Waals surface area contributed by atoms with Gasteiger partial charge in [-0.3, -0.25) is 0 Å². The Balaban J connectivity index is 2.56. The number of hydrogen-bond donors (Lipinski definition) is 1. The number of halogens is 1. The van der Waals surface area contributed by atoms with Crippen molar-refractivity contribution < 1.29 is 0 Å². The highest BCUT2D eigenvalue weighted by Crippen LogP contribution is 2.26. The molecule has 1 N–H and O–H groups in total. The van der Waals surface area contributed by atoms with Crippen LogP contribution in [0.5, 0.6) is 0 Å². The van der Waals surface area contributed by atoms with Crippen LogP contribution >= 0.6 is 22.9 Å². The van der Waals surface area contributed by atoms with Gasteiger partial charge in [-0.2, -0.15) is 0 Å². The monoisotopic (exact) mass is 212 g/mol. The van der Waals surface area contributed by atoms with E-state index in [9.17, 15) is 0 Å². The fourth-order valence-electron chi connectivity index (χ4n) is 1.28. The van der Waals surface area contributed by atoms with E-state index in [4.69, 9.17) is 11.6 Å². The van der Waals surface area contributed by atoms with Crippen LogP contribution in [0.1, 0.15) is 5.56 Å². The molecule has 0 atom stereocenters. The summed E-state index contributed by atoms with van der Waals surface area (Å²) in [5.74, 6) is 0. The van der Waals surface area contributed by atoms with Crippen molar-refractivity contribution >= 4 is 33.2 Å². The molecule has 1 aromatic carbocycles. The third-order valence-corrected chi connectivity index (χ3v) is 2.89. The molecule has 2 nitrogen and oxygen atoms in total. The molecule has 1 heterocycles. The van der Waals surface area contributed by atoms with Gasteiger partial charge in [0, 0.05) is 6.54 Å². The molecule has 0 aliphatic carbocycles. The van der Waals surface area contributed by atoms with Crippen molar-refractivity contribution in [2.45, 2.75) is 6.54 Å². The molecule has 0 spiro atoms. The summed E-state index contributed by atoms with van der Waals surface area (Å²) in [4.78, 5) is 4.19. The molecule has 0 bridgehead atoms. The molecule has 1 aromatic heterocycles. The average molecular weight is 213 g/mol. The highest BCUT2D eigenvalue weighted by molar-refractivity contribution is 7.16. The van der Waals surface area contributed by atoms with Gasteiger partial charge in [-0.1, -0.05) is 11.6 Å². The lowest BCUT2D eigenvalue weighted by molar-refractivity contribution is 0.819. The minimum Gasteiger partial charge on any atom is -0.316 e. The zero-order valence-corrected chi connectivity index (χ0v) is 8.75. The molecule has 0 aliphatic rings. The van der Waals surface area contributed by atoms with Gasteiger partial charge in [0.15, 0.2) is 0 Å². The minimum atomic E-state index is 0.740. The summed E-state index contributed by atoms with van der Waals surface area (Å²) in [6.07, 6.45) is 0. The van der Waals surface area contributed by atoms with E-state index in [1.54, 1.807) is 11.3 Å². The second-order valence-electron chi connectivity index (χ2n) is 2.81. The van der Waals surface area contributed by atoms with Gasteiger partial charge in [0.1, 0.15) is 0 Å². The van der Waals surface area contributed by atoms with Crippen LogP contribution < -0.4 is 5.32 Å². The molecule has 68 valence electrons. The van der Waals surface area contributed by atoms with E-state index >= 15 is 0 Å². The summed E-state index contributed by atoms with van der Waals surface area (Å²) in [6, 6.07) is 4.08. The predicted octanol–water partition coefficient (Wildman–Crippen LogP) is 2.67. The lowest BCUT2D eigenvalue weighted by Gasteiger charge is -2.00. The molecule has 0 amide bonds. The maximum atomic E-state index is 6.06. The van der Waals surface area contributed by atoms with Gasteiger partial charge in [0.25, 0.3) is 0 Å². The summed E-state index contributed by atoms with van der Waals surface area (Å²) < 4.78 is 1.15. The van der Waals surface area contributed by atoms with Crippen molar-refractivity contribution in [1.29, 1.82) is 0 Å². The van der Waals surface area contributed by atoms with E-state index < -0.39 is 0 Å². The maximum Gasteiger partial charge on any atom is 0.0998 e. The Morgan fingerprint density at radius 3 is 3.15 bits per heavy atom. The standard InChI is InChI=1S/C9H9ClN2S/c1-11-4-6-2-7(10)9-8(3-6)13-5-12-9/h2-3,5,11H,4H2,1H3. The number of thiazole rings is 1. The van der Waals surface area contributed by atoms with Crippen molar-refractivity contribution in [3.05, 3.63) is 28.2 Å². The van der Waals surface area contributed by atoms with E-state index in [0.29, 0.717) is 0 Å². The first kappa shape index (κ1) is 8.94. The summed E-state index contributed by atoms with van der Waals surface area (Å²) in [6.45, 7) is 0.841. The second kappa shape index (κ2) is 3.62. The molecule has 4 heteroatoms. The van der Waals surface area contributed by atoms with Crippen molar-refractivity contribution in [3.63, 3.8) is 0 Å². The fourth-order valence-corrected chi connectivity index (χ4v) is 2.40. The summed E-state index contributed by atoms with van der Waals surface area (Å²) >= 11 is 7.67. The van der Waals surface area contributed by atoms with Crippen molar-refractivity contribution in [2.75, 3.05) is 7.05 Å². The predicted molar refractivity (Wildman–Crippen MR) is 57.4 cm³/mol. The van der Waals surface area contributed by atoms with Crippen LogP contribution in [0.2, 0.25) is 5.02 Å². The number of aromatic nitrogens is 1. The highest BCUT2D eigenvalue weighted by atomic mass is 35.5. The van der Waals surface area contributed by atoms with Gasteiger partial charge in [-0.05, 0) is 24.7 Å². The van der Waals surface area contributed by atoms with Crippen LogP contribution in [0.4, 0.5) is 0 Å². The molecule has 2 aromatic rings. The Bertz CT molecular complexity index is 424. The highest BCUT2D eigenvalue weighted by Gasteiger charge is 2.03. The molecule has 0 saturated carbocycles. The number of nitrogens with one attached hydrogen (secondary N) is 1. The van der Waals surface area contributed by atoms with Crippen molar-refractivity contribution in [3.8, 4) is 0 Å². The first-order valence-corrected chi connectivity index (χ1v) is 5.23. The van der Waals surface area contributed by atoms with Crippen molar-refractivity contribution in [2.24, 2.45) is 0 Å². The van der Waals surface area contributed by atoms with Crippen LogP contribution in [0, 0.1) is 0 Å². The SMILES string of the molecule is CNCc1cc(Cl)c2ncsc2c1. The summed E-state index contributed by atoms with van der Waals surface area (Å²) in [5, 5.41) is 3.83. The number of fused-ring (bicyclic) bond motifs is 1. The van der Waals surface area contributed by atoms with Crippen LogP contribution in [-0.2, 0) is 6.54 Å². The topological polar surface area (TPSA) is 24.9 Å². The molecular weight excluding hydrogens is 204 g/mol. The van der Waals surface area contributed by atoms with E-state index in [1.165, 1.54) is 5.56 Å². The molecule has 2 rings (SSSR count). The first-order valence-electron chi connectivity index (χ1n) is 3.97. The van der Waals surface area contributed by atoms with Gasteiger partial charge < -0.3 is 5.32 Å².